The van der Waals surface area contributed by atoms with Crippen molar-refractivity contribution in [3.8, 4) is 0 Å². The molecule has 96 valence electrons. The summed E-state index contributed by atoms with van der Waals surface area (Å²) < 4.78 is 5.31. The third-order valence-corrected chi connectivity index (χ3v) is 2.37. The molecule has 0 radical (unpaired) electrons. The fourth-order valence-electron chi connectivity index (χ4n) is 1.55. The molecule has 4 nitrogen and oxygen atoms in total. The second kappa shape index (κ2) is 5.04. The van der Waals surface area contributed by atoms with Crippen molar-refractivity contribution >= 4 is 6.09 Å². The summed E-state index contributed by atoms with van der Waals surface area (Å²) in [5.41, 5.74) is 5.19. The van der Waals surface area contributed by atoms with Crippen LogP contribution >= 0.6 is 0 Å². The molecule has 0 aliphatic heterocycles. The number of hydrogen-bond acceptors (Lipinski definition) is 3. The molecule has 0 aromatic heterocycles. The van der Waals surface area contributed by atoms with Crippen LogP contribution in [0.15, 0.2) is 0 Å². The lowest BCUT2D eigenvalue weighted by atomic mass is 9.86. The highest BCUT2D eigenvalue weighted by Gasteiger charge is 2.32. The van der Waals surface area contributed by atoms with Gasteiger partial charge in [0.2, 0.25) is 0 Å². The van der Waals surface area contributed by atoms with E-state index in [1.54, 1.807) is 11.9 Å². The maximum Gasteiger partial charge on any atom is 0.410 e. The Bertz CT molecular complexity index is 238. The second-order valence-electron chi connectivity index (χ2n) is 6.21. The molecule has 1 unspecified atom stereocenters. The number of nitrogens with two attached hydrogens (primary N) is 1. The largest absolute Gasteiger partial charge is 0.444 e. The van der Waals surface area contributed by atoms with Gasteiger partial charge in [-0.2, -0.15) is 0 Å². The zero-order valence-corrected chi connectivity index (χ0v) is 11.6. The van der Waals surface area contributed by atoms with Crippen LogP contribution in [0.3, 0.4) is 0 Å². The SMILES string of the molecule is CN(C(=O)OC(C)(C)C)C(CN)C(C)(C)C. The van der Waals surface area contributed by atoms with Crippen LogP contribution < -0.4 is 5.73 Å². The summed E-state index contributed by atoms with van der Waals surface area (Å²) >= 11 is 0. The first-order chi connectivity index (χ1) is 6.99. The molecule has 0 spiro atoms. The molecule has 0 aliphatic rings. The Morgan fingerprint density at radius 1 is 1.25 bits per heavy atom. The molecule has 2 N–H and O–H groups in total. The minimum absolute atomic E-state index is 0.0256. The van der Waals surface area contributed by atoms with E-state index in [9.17, 15) is 4.79 Å². The molecular weight excluding hydrogens is 204 g/mol. The molecule has 0 rings (SSSR count). The summed E-state index contributed by atoms with van der Waals surface area (Å²) in [4.78, 5) is 13.4. The van der Waals surface area contributed by atoms with E-state index in [1.165, 1.54) is 0 Å². The Kier molecular flexibility index (Phi) is 4.80. The van der Waals surface area contributed by atoms with Gasteiger partial charge in [-0.25, -0.2) is 4.79 Å². The van der Waals surface area contributed by atoms with Gasteiger partial charge < -0.3 is 15.4 Å². The fraction of sp³-hybridized carbons (Fsp3) is 0.917. The second-order valence-corrected chi connectivity index (χ2v) is 6.21. The van der Waals surface area contributed by atoms with E-state index >= 15 is 0 Å². The van der Waals surface area contributed by atoms with Gasteiger partial charge in [-0.1, -0.05) is 20.8 Å². The van der Waals surface area contributed by atoms with E-state index in [1.807, 2.05) is 20.8 Å². The molecule has 0 aromatic carbocycles. The standard InChI is InChI=1S/C12H26N2O2/c1-11(2,3)9(8-13)14(7)10(15)16-12(4,5)6/h9H,8,13H2,1-7H3. The summed E-state index contributed by atoms with van der Waals surface area (Å²) in [5, 5.41) is 0. The highest BCUT2D eigenvalue weighted by Crippen LogP contribution is 2.24. The van der Waals surface area contributed by atoms with Gasteiger partial charge in [0.25, 0.3) is 0 Å². The van der Waals surface area contributed by atoms with Gasteiger partial charge in [-0.05, 0) is 26.2 Å². The fourth-order valence-corrected chi connectivity index (χ4v) is 1.55. The van der Waals surface area contributed by atoms with Crippen molar-refractivity contribution < 1.29 is 9.53 Å². The van der Waals surface area contributed by atoms with E-state index in [0.717, 1.165) is 0 Å². The molecule has 0 heterocycles. The topological polar surface area (TPSA) is 55.6 Å². The Morgan fingerprint density at radius 2 is 1.69 bits per heavy atom. The molecule has 0 bridgehead atoms. The zero-order chi connectivity index (χ0) is 13.1. The molecule has 0 saturated heterocycles. The first-order valence-corrected chi connectivity index (χ1v) is 5.65. The van der Waals surface area contributed by atoms with Crippen LogP contribution in [0.2, 0.25) is 0 Å². The van der Waals surface area contributed by atoms with Crippen LogP contribution in [0.4, 0.5) is 4.79 Å². The first-order valence-electron chi connectivity index (χ1n) is 5.65. The summed E-state index contributed by atoms with van der Waals surface area (Å²) in [6.07, 6.45) is -0.321. The Hall–Kier alpha value is -0.770. The minimum atomic E-state index is -0.470. The van der Waals surface area contributed by atoms with E-state index in [4.69, 9.17) is 10.5 Å². The average Bonchev–Trinajstić information content (AvgIpc) is 1.99. The van der Waals surface area contributed by atoms with Gasteiger partial charge in [0, 0.05) is 13.6 Å². The van der Waals surface area contributed by atoms with Crippen molar-refractivity contribution in [2.24, 2.45) is 11.1 Å². The van der Waals surface area contributed by atoms with Crippen molar-refractivity contribution in [3.05, 3.63) is 0 Å². The summed E-state index contributed by atoms with van der Waals surface area (Å²) in [6.45, 7) is 12.2. The predicted octanol–water partition coefficient (Wildman–Crippen LogP) is 2.23. The van der Waals surface area contributed by atoms with Gasteiger partial charge in [0.15, 0.2) is 0 Å². The molecule has 4 heteroatoms. The van der Waals surface area contributed by atoms with Crippen molar-refractivity contribution in [2.75, 3.05) is 13.6 Å². The Morgan fingerprint density at radius 3 is 1.94 bits per heavy atom. The maximum atomic E-state index is 11.9. The molecule has 0 aromatic rings. The summed E-state index contributed by atoms with van der Waals surface area (Å²) in [5.74, 6) is 0. The van der Waals surface area contributed by atoms with Crippen LogP contribution in [-0.2, 0) is 4.74 Å². The van der Waals surface area contributed by atoms with E-state index < -0.39 is 5.60 Å². The van der Waals surface area contributed by atoms with Gasteiger partial charge in [0.1, 0.15) is 5.60 Å². The van der Waals surface area contributed by atoms with Crippen molar-refractivity contribution in [1.82, 2.24) is 4.90 Å². The van der Waals surface area contributed by atoms with Crippen LogP contribution in [-0.4, -0.2) is 36.2 Å². The van der Waals surface area contributed by atoms with Crippen molar-refractivity contribution in [3.63, 3.8) is 0 Å². The average molecular weight is 230 g/mol. The van der Waals surface area contributed by atoms with Gasteiger partial charge >= 0.3 is 6.09 Å². The lowest BCUT2D eigenvalue weighted by Gasteiger charge is -2.37. The highest BCUT2D eigenvalue weighted by atomic mass is 16.6. The molecule has 1 amide bonds. The Balaban J connectivity index is 4.65. The number of likely N-dealkylation sites (N-methyl/N-ethyl adjacent to an activating group) is 1. The van der Waals surface area contributed by atoms with Gasteiger partial charge in [-0.3, -0.25) is 0 Å². The van der Waals surface area contributed by atoms with Gasteiger partial charge in [0.05, 0.1) is 6.04 Å². The third-order valence-electron chi connectivity index (χ3n) is 2.37. The summed E-state index contributed by atoms with van der Waals surface area (Å²) in [6, 6.07) is -0.0256. The quantitative estimate of drug-likeness (QED) is 0.791. The number of rotatable bonds is 2. The molecule has 16 heavy (non-hydrogen) atoms. The summed E-state index contributed by atoms with van der Waals surface area (Å²) in [7, 11) is 1.73. The molecule has 0 fully saturated rings. The van der Waals surface area contributed by atoms with Crippen LogP contribution in [0.5, 0.6) is 0 Å². The lowest BCUT2D eigenvalue weighted by Crippen LogP contribution is -2.50. The predicted molar refractivity (Wildman–Crippen MR) is 66.3 cm³/mol. The maximum absolute atomic E-state index is 11.9. The van der Waals surface area contributed by atoms with E-state index in [0.29, 0.717) is 6.54 Å². The smallest absolute Gasteiger partial charge is 0.410 e. The third kappa shape index (κ3) is 4.84. The Labute approximate surface area is 99.1 Å². The number of carbonyl (C=O) groups is 1. The number of nitrogens with zero attached hydrogens (tertiary/aromatic N) is 1. The lowest BCUT2D eigenvalue weighted by molar-refractivity contribution is 0.0113. The van der Waals surface area contributed by atoms with Crippen molar-refractivity contribution in [1.29, 1.82) is 0 Å². The van der Waals surface area contributed by atoms with Crippen LogP contribution in [0, 0.1) is 5.41 Å². The molecule has 1 atom stereocenters. The van der Waals surface area contributed by atoms with Crippen molar-refractivity contribution in [2.45, 2.75) is 53.2 Å². The number of amides is 1. The zero-order valence-electron chi connectivity index (χ0n) is 11.6. The first kappa shape index (κ1) is 15.2. The minimum Gasteiger partial charge on any atom is -0.444 e. The van der Waals surface area contributed by atoms with Crippen LogP contribution in [0.25, 0.3) is 0 Å². The van der Waals surface area contributed by atoms with E-state index in [2.05, 4.69) is 20.8 Å². The van der Waals surface area contributed by atoms with Crippen LogP contribution in [0.1, 0.15) is 41.5 Å². The number of carbonyl (C=O) groups excluding carboxylic acids is 1. The highest BCUT2D eigenvalue weighted by molar-refractivity contribution is 5.68. The molecule has 0 aliphatic carbocycles. The number of hydrogen-bond donors (Lipinski definition) is 1. The van der Waals surface area contributed by atoms with Gasteiger partial charge in [-0.15, -0.1) is 0 Å². The normalized spacial score (nSPS) is 14.5. The monoisotopic (exact) mass is 230 g/mol. The van der Waals surface area contributed by atoms with E-state index in [-0.39, 0.29) is 17.6 Å². The molecule has 0 saturated carbocycles. The molecular formula is C12H26N2O2. The number of ether oxygens (including phenoxy) is 1.